The molecule has 0 bridgehead atoms. The summed E-state index contributed by atoms with van der Waals surface area (Å²) in [5.41, 5.74) is -4.40. The molecule has 0 aliphatic rings. The molecule has 5 rings (SSSR count). The van der Waals surface area contributed by atoms with Crippen molar-refractivity contribution in [3.05, 3.63) is 93.6 Å². The van der Waals surface area contributed by atoms with Crippen molar-refractivity contribution in [3.8, 4) is 0 Å². The van der Waals surface area contributed by atoms with E-state index in [0.717, 1.165) is 48.5 Å². The van der Waals surface area contributed by atoms with Crippen LogP contribution < -0.4 is 229 Å². The molecule has 2 aromatic heterocycles. The number of aromatic nitrogens is 6. The Bertz CT molecular complexity index is 2220. The third-order valence-corrected chi connectivity index (χ3v) is 6.91. The minimum Gasteiger partial charge on any atom is -0.545 e. The van der Waals surface area contributed by atoms with Crippen LogP contribution in [0.5, 0.6) is 0 Å². The third-order valence-electron chi connectivity index (χ3n) is 6.91. The topological polar surface area (TPSA) is 366 Å². The Labute approximate surface area is 470 Å². The molecule has 22 nitrogen and oxygen atoms in total. The Balaban J connectivity index is 0. The van der Waals surface area contributed by atoms with Gasteiger partial charge in [-0.2, -0.15) is 29.9 Å². The van der Waals surface area contributed by atoms with E-state index in [9.17, 15) is 59.4 Å². The van der Waals surface area contributed by atoms with Gasteiger partial charge >= 0.3 is 177 Å². The zero-order valence-electron chi connectivity index (χ0n) is 33.2. The summed E-state index contributed by atoms with van der Waals surface area (Å²) >= 11 is 0. The Morgan fingerprint density at radius 2 is 0.617 bits per heavy atom. The van der Waals surface area contributed by atoms with Crippen LogP contribution in [-0.4, -0.2) is 65.7 Å². The molecule has 3 aromatic carbocycles. The number of hydrogen-bond donors (Lipinski definition) is 4. The van der Waals surface area contributed by atoms with Crippen LogP contribution in [0.3, 0.4) is 0 Å². The number of carboxylic acid groups (broad SMARTS) is 6. The number of benzene rings is 3. The first-order valence-electron chi connectivity index (χ1n) is 14.8. The largest absolute Gasteiger partial charge is 1.00 e. The van der Waals surface area contributed by atoms with Crippen LogP contribution in [0, 0.1) is 13.8 Å². The fourth-order valence-corrected chi connectivity index (χ4v) is 4.70. The van der Waals surface area contributed by atoms with E-state index in [1.807, 2.05) is 0 Å². The summed E-state index contributed by atoms with van der Waals surface area (Å²) < 4.78 is 0. The molecule has 0 fully saturated rings. The van der Waals surface area contributed by atoms with Crippen molar-refractivity contribution in [1.82, 2.24) is 29.9 Å². The second-order valence-corrected chi connectivity index (χ2v) is 10.8. The van der Waals surface area contributed by atoms with Gasteiger partial charge in [-0.1, -0.05) is 0 Å². The zero-order valence-corrected chi connectivity index (χ0v) is 45.2. The van der Waals surface area contributed by atoms with Crippen LogP contribution in [-0.2, 0) is 0 Å². The van der Waals surface area contributed by atoms with Gasteiger partial charge < -0.3 is 80.7 Å². The van der Waals surface area contributed by atoms with Gasteiger partial charge in [0.1, 0.15) is 11.6 Å². The van der Waals surface area contributed by atoms with Crippen molar-refractivity contribution in [2.45, 2.75) is 13.8 Å². The minimum atomic E-state index is -1.81. The summed E-state index contributed by atoms with van der Waals surface area (Å²) in [6.45, 7) is 2.79. The summed E-state index contributed by atoms with van der Waals surface area (Å²) in [6, 6.07) is 7.39. The number of carbonyl (C=O) groups excluding carboxylic acids is 6. The average Bonchev–Trinajstić information content (AvgIpc) is 3.07. The standard InChI is InChI=1S/C32H24N10O12.6Na/c1-11-33-29(37-17-5-13(23(43)44)3-14(6-17)24(45)46)41-31(35-11)39-21-9-20(28(53)54)22(10-19(21)27(51)52)40-32-36-12(2)34-30(42-32)38-18-7-15(25(47)48)4-16(8-18)26(49)50;;;;;;/h3-10H,1-2H3,(H,43,44)(H,45,46)(H,47,48)(H,49,50)(H,51,52)(H,53,54)(H2,33,35,37,39,41)(H2,34,36,38,40,42);;;;;;/q;6*+1/p-6. The van der Waals surface area contributed by atoms with Crippen molar-refractivity contribution >= 4 is 82.4 Å². The smallest absolute Gasteiger partial charge is 0.545 e. The van der Waals surface area contributed by atoms with Gasteiger partial charge in [0, 0.05) is 22.5 Å². The van der Waals surface area contributed by atoms with Crippen LogP contribution in [0.4, 0.5) is 46.5 Å². The van der Waals surface area contributed by atoms with Crippen molar-refractivity contribution in [3.63, 3.8) is 0 Å². The molecule has 0 spiro atoms. The summed E-state index contributed by atoms with van der Waals surface area (Å²) in [4.78, 5) is 94.2. The van der Waals surface area contributed by atoms with Crippen LogP contribution in [0.2, 0.25) is 0 Å². The van der Waals surface area contributed by atoms with Crippen molar-refractivity contribution < 1.29 is 237 Å². The first-order chi connectivity index (χ1) is 25.4. The Kier molecular flexibility index (Phi) is 26.3. The number of nitrogens with one attached hydrogen (secondary N) is 4. The van der Waals surface area contributed by atoms with E-state index in [-0.39, 0.29) is 224 Å². The number of hydrogen-bond acceptors (Lipinski definition) is 22. The van der Waals surface area contributed by atoms with Crippen molar-refractivity contribution in [1.29, 1.82) is 0 Å². The Morgan fingerprint density at radius 1 is 0.367 bits per heavy atom. The van der Waals surface area contributed by atoms with E-state index in [1.54, 1.807) is 0 Å². The molecule has 2 heterocycles. The molecule has 0 saturated carbocycles. The number of nitrogens with zero attached hydrogens (tertiary/aromatic N) is 6. The molecule has 28 heteroatoms. The van der Waals surface area contributed by atoms with E-state index < -0.39 is 80.6 Å². The van der Waals surface area contributed by atoms with Gasteiger partial charge in [-0.05, 0) is 84.6 Å². The molecule has 4 N–H and O–H groups in total. The maximum atomic E-state index is 12.3. The summed E-state index contributed by atoms with van der Waals surface area (Å²) in [5.74, 6) is -11.6. The predicted molar refractivity (Wildman–Crippen MR) is 168 cm³/mol. The molecule has 274 valence electrons. The minimum absolute atomic E-state index is 0. The van der Waals surface area contributed by atoms with Gasteiger partial charge in [0.15, 0.2) is 0 Å². The maximum Gasteiger partial charge on any atom is 1.00 e. The SMILES string of the molecule is Cc1nc(Nc2cc(C(=O)[O-])cc(C(=O)[O-])c2)nc(Nc2cc(C(=O)[O-])c(Nc3nc(C)nc(Nc4cc(C(=O)[O-])cc(C(=O)[O-])c4)n3)cc2C(=O)[O-])n1.[Na+].[Na+].[Na+].[Na+].[Na+].[Na+]. The molecule has 0 unspecified atom stereocenters. The van der Waals surface area contributed by atoms with Gasteiger partial charge in [0.2, 0.25) is 23.8 Å². The van der Waals surface area contributed by atoms with E-state index in [1.165, 1.54) is 13.8 Å². The molecule has 0 atom stereocenters. The third kappa shape index (κ3) is 16.1. The number of carbonyl (C=O) groups is 6. The van der Waals surface area contributed by atoms with Gasteiger partial charge in [0.05, 0.1) is 47.2 Å². The molecule has 0 saturated heterocycles. The molecule has 0 aliphatic heterocycles. The van der Waals surface area contributed by atoms with Crippen LogP contribution in [0.1, 0.15) is 73.8 Å². The van der Waals surface area contributed by atoms with Gasteiger partial charge in [0.25, 0.3) is 0 Å². The van der Waals surface area contributed by atoms with Gasteiger partial charge in [-0.15, -0.1) is 0 Å². The first kappa shape index (κ1) is 59.8. The summed E-state index contributed by atoms with van der Waals surface area (Å²) in [7, 11) is 0. The van der Waals surface area contributed by atoms with Crippen LogP contribution >= 0.6 is 0 Å². The van der Waals surface area contributed by atoms with Crippen LogP contribution in [0.15, 0.2) is 48.5 Å². The fraction of sp³-hybridized carbons (Fsp3) is 0.0625. The van der Waals surface area contributed by atoms with Gasteiger partial charge in [-0.3, -0.25) is 0 Å². The summed E-state index contributed by atoms with van der Waals surface area (Å²) in [6.07, 6.45) is 0. The molecule has 0 radical (unpaired) electrons. The van der Waals surface area contributed by atoms with E-state index in [0.29, 0.717) is 0 Å². The number of carboxylic acids is 6. The predicted octanol–water partition coefficient (Wildman–Crippen LogP) is -22.1. The van der Waals surface area contributed by atoms with Crippen LogP contribution in [0.25, 0.3) is 0 Å². The Morgan fingerprint density at radius 3 is 0.850 bits per heavy atom. The zero-order chi connectivity index (χ0) is 39.4. The van der Waals surface area contributed by atoms with Gasteiger partial charge in [-0.25, -0.2) is 0 Å². The number of aromatic carboxylic acids is 6. The molecule has 60 heavy (non-hydrogen) atoms. The quantitative estimate of drug-likeness (QED) is 0.0753. The molecular weight excluding hydrogens is 854 g/mol. The molecular formula is C32H18N10Na6O12. The number of aryl methyl sites for hydroxylation is 2. The summed E-state index contributed by atoms with van der Waals surface area (Å²) in [5, 5.41) is 80.3. The molecule has 0 aliphatic carbocycles. The fourth-order valence-electron chi connectivity index (χ4n) is 4.70. The first-order valence-corrected chi connectivity index (χ1v) is 14.8. The normalized spacial score (nSPS) is 9.50. The van der Waals surface area contributed by atoms with E-state index in [4.69, 9.17) is 0 Å². The van der Waals surface area contributed by atoms with E-state index in [2.05, 4.69) is 51.2 Å². The van der Waals surface area contributed by atoms with E-state index >= 15 is 0 Å². The van der Waals surface area contributed by atoms with Crippen molar-refractivity contribution in [2.75, 3.05) is 21.3 Å². The maximum absolute atomic E-state index is 12.3. The average molecular weight is 872 g/mol. The van der Waals surface area contributed by atoms with Crippen molar-refractivity contribution in [2.24, 2.45) is 0 Å². The monoisotopic (exact) mass is 872 g/mol. The number of rotatable bonds is 14. The number of anilines is 8. The molecule has 0 amide bonds. The second kappa shape index (κ2) is 26.4. The second-order valence-electron chi connectivity index (χ2n) is 10.8. The Hall–Kier alpha value is -2.30. The molecule has 5 aromatic rings.